The third-order valence-electron chi connectivity index (χ3n) is 5.06. The standard InChI is InChI=1S/C18H19N3O4S/c1-10-4-3-5-11-15(10)19-13(20-16(11)23)8-25-17(24)12-9-26-18(2)7-6-14(22)21(12)18/h3-5,12H,6-9H2,1-2H3,(H,19,20,23)/t12-,18+/m0/s1. The number of amides is 1. The number of carbonyl (C=O) groups is 2. The number of nitrogens with one attached hydrogen (secondary N) is 1. The van der Waals surface area contributed by atoms with Crippen molar-refractivity contribution in [3.05, 3.63) is 39.9 Å². The van der Waals surface area contributed by atoms with Crippen molar-refractivity contribution in [3.8, 4) is 0 Å². The first-order valence-corrected chi connectivity index (χ1v) is 9.49. The van der Waals surface area contributed by atoms with E-state index in [-0.39, 0.29) is 22.9 Å². The number of benzene rings is 1. The molecule has 2 saturated heterocycles. The molecule has 0 radical (unpaired) electrons. The van der Waals surface area contributed by atoms with Crippen LogP contribution in [-0.4, -0.2) is 43.4 Å². The summed E-state index contributed by atoms with van der Waals surface area (Å²) in [6.45, 7) is 3.74. The number of hydrogen-bond acceptors (Lipinski definition) is 6. The molecule has 7 nitrogen and oxygen atoms in total. The molecule has 1 N–H and O–H groups in total. The van der Waals surface area contributed by atoms with Gasteiger partial charge in [0.15, 0.2) is 0 Å². The van der Waals surface area contributed by atoms with Gasteiger partial charge in [-0.15, -0.1) is 11.8 Å². The molecule has 2 aliphatic heterocycles. The second kappa shape index (κ2) is 6.12. The topological polar surface area (TPSA) is 92.4 Å². The van der Waals surface area contributed by atoms with E-state index < -0.39 is 12.0 Å². The smallest absolute Gasteiger partial charge is 0.330 e. The molecule has 2 aliphatic rings. The second-order valence-electron chi connectivity index (χ2n) is 6.86. The zero-order valence-electron chi connectivity index (χ0n) is 14.6. The van der Waals surface area contributed by atoms with Gasteiger partial charge in [-0.2, -0.15) is 0 Å². The van der Waals surface area contributed by atoms with Gasteiger partial charge in [0.1, 0.15) is 18.5 Å². The van der Waals surface area contributed by atoms with Crippen LogP contribution in [0.1, 0.15) is 31.2 Å². The minimum absolute atomic E-state index is 0.00712. The Hall–Kier alpha value is -2.35. The maximum atomic E-state index is 12.5. The number of aromatic amines is 1. The van der Waals surface area contributed by atoms with Gasteiger partial charge in [0, 0.05) is 12.2 Å². The third kappa shape index (κ3) is 2.68. The Kier molecular flexibility index (Phi) is 4.02. The van der Waals surface area contributed by atoms with Crippen LogP contribution >= 0.6 is 11.8 Å². The monoisotopic (exact) mass is 373 g/mol. The Labute approximate surface area is 154 Å². The number of esters is 1. The van der Waals surface area contributed by atoms with E-state index in [0.29, 0.717) is 28.9 Å². The third-order valence-corrected chi connectivity index (χ3v) is 6.56. The van der Waals surface area contributed by atoms with Gasteiger partial charge in [0.25, 0.3) is 5.56 Å². The minimum Gasteiger partial charge on any atom is -0.456 e. The van der Waals surface area contributed by atoms with Gasteiger partial charge < -0.3 is 14.6 Å². The average molecular weight is 373 g/mol. The fourth-order valence-corrected chi connectivity index (χ4v) is 5.07. The van der Waals surface area contributed by atoms with Crippen LogP contribution < -0.4 is 5.56 Å². The summed E-state index contributed by atoms with van der Waals surface area (Å²) in [6.07, 6.45) is 1.21. The Morgan fingerprint density at radius 1 is 1.46 bits per heavy atom. The summed E-state index contributed by atoms with van der Waals surface area (Å²) in [5, 5.41) is 0.505. The second-order valence-corrected chi connectivity index (χ2v) is 8.36. The molecule has 8 heteroatoms. The zero-order chi connectivity index (χ0) is 18.5. The van der Waals surface area contributed by atoms with Crippen molar-refractivity contribution in [2.45, 2.75) is 44.2 Å². The molecule has 3 heterocycles. The van der Waals surface area contributed by atoms with E-state index >= 15 is 0 Å². The number of hydrogen-bond donors (Lipinski definition) is 1. The SMILES string of the molecule is Cc1cccc2c(=O)[nH]c(COC(=O)[C@@H]3CS[C@]4(C)CCC(=O)N34)nc12. The first-order valence-electron chi connectivity index (χ1n) is 8.50. The Morgan fingerprint density at radius 2 is 2.27 bits per heavy atom. The molecular weight excluding hydrogens is 354 g/mol. The highest BCUT2D eigenvalue weighted by Crippen LogP contribution is 2.47. The van der Waals surface area contributed by atoms with Crippen LogP contribution in [0.15, 0.2) is 23.0 Å². The van der Waals surface area contributed by atoms with E-state index in [1.807, 2.05) is 19.9 Å². The highest BCUT2D eigenvalue weighted by atomic mass is 32.2. The summed E-state index contributed by atoms with van der Waals surface area (Å²) in [5.41, 5.74) is 1.22. The summed E-state index contributed by atoms with van der Waals surface area (Å²) in [7, 11) is 0. The number of ether oxygens (including phenoxy) is 1. The Bertz CT molecular complexity index is 973. The molecule has 0 spiro atoms. The van der Waals surface area contributed by atoms with E-state index in [4.69, 9.17) is 4.74 Å². The largest absolute Gasteiger partial charge is 0.456 e. The Morgan fingerprint density at radius 3 is 3.08 bits per heavy atom. The predicted molar refractivity (Wildman–Crippen MR) is 97.6 cm³/mol. The van der Waals surface area contributed by atoms with E-state index in [1.165, 1.54) is 0 Å². The van der Waals surface area contributed by atoms with Crippen LogP contribution in [0.5, 0.6) is 0 Å². The number of aryl methyl sites for hydroxylation is 1. The number of fused-ring (bicyclic) bond motifs is 2. The average Bonchev–Trinajstić information content (AvgIpc) is 3.10. The van der Waals surface area contributed by atoms with Crippen molar-refractivity contribution in [2.24, 2.45) is 0 Å². The zero-order valence-corrected chi connectivity index (χ0v) is 15.4. The maximum Gasteiger partial charge on any atom is 0.330 e. The van der Waals surface area contributed by atoms with Crippen LogP contribution in [0.25, 0.3) is 10.9 Å². The van der Waals surface area contributed by atoms with Crippen molar-refractivity contribution >= 4 is 34.5 Å². The molecule has 4 rings (SSSR count). The first-order chi connectivity index (χ1) is 12.4. The number of nitrogens with zero attached hydrogens (tertiary/aromatic N) is 2. The molecule has 0 bridgehead atoms. The normalized spacial score (nSPS) is 24.9. The molecule has 0 aliphatic carbocycles. The first kappa shape index (κ1) is 17.1. The number of H-pyrrole nitrogens is 1. The molecule has 1 aromatic heterocycles. The van der Waals surface area contributed by atoms with Gasteiger partial charge in [-0.25, -0.2) is 9.78 Å². The van der Waals surface area contributed by atoms with Crippen LogP contribution in [0, 0.1) is 6.92 Å². The molecule has 2 atom stereocenters. The summed E-state index contributed by atoms with van der Waals surface area (Å²) in [6, 6.07) is 4.81. The van der Waals surface area contributed by atoms with Crippen LogP contribution in [0.2, 0.25) is 0 Å². The molecule has 0 unspecified atom stereocenters. The molecule has 1 aromatic carbocycles. The number of aromatic nitrogens is 2. The van der Waals surface area contributed by atoms with Crippen molar-refractivity contribution in [2.75, 3.05) is 5.75 Å². The van der Waals surface area contributed by atoms with E-state index in [0.717, 1.165) is 12.0 Å². The highest BCUT2D eigenvalue weighted by Gasteiger charge is 2.53. The Balaban J connectivity index is 1.52. The van der Waals surface area contributed by atoms with E-state index in [2.05, 4.69) is 9.97 Å². The number of thioether (sulfide) groups is 1. The van der Waals surface area contributed by atoms with E-state index in [9.17, 15) is 14.4 Å². The highest BCUT2D eigenvalue weighted by molar-refractivity contribution is 8.01. The maximum absolute atomic E-state index is 12.5. The van der Waals surface area contributed by atoms with Gasteiger partial charge in [-0.05, 0) is 31.9 Å². The van der Waals surface area contributed by atoms with Gasteiger partial charge in [-0.3, -0.25) is 9.59 Å². The van der Waals surface area contributed by atoms with Gasteiger partial charge in [0.05, 0.1) is 15.8 Å². The molecular formula is C18H19N3O4S. The number of carbonyl (C=O) groups excluding carboxylic acids is 2. The quantitative estimate of drug-likeness (QED) is 0.824. The van der Waals surface area contributed by atoms with Crippen LogP contribution in [0.4, 0.5) is 0 Å². The predicted octanol–water partition coefficient (Wildman–Crippen LogP) is 1.73. The van der Waals surface area contributed by atoms with Crippen molar-refractivity contribution < 1.29 is 14.3 Å². The van der Waals surface area contributed by atoms with Gasteiger partial charge in [-0.1, -0.05) is 12.1 Å². The minimum atomic E-state index is -0.575. The molecule has 2 aromatic rings. The lowest BCUT2D eigenvalue weighted by Crippen LogP contribution is -2.46. The van der Waals surface area contributed by atoms with Crippen LogP contribution in [0.3, 0.4) is 0 Å². The summed E-state index contributed by atoms with van der Waals surface area (Å²) >= 11 is 1.61. The molecule has 1 amide bonds. The van der Waals surface area contributed by atoms with Crippen LogP contribution in [-0.2, 0) is 20.9 Å². The molecule has 2 fully saturated rings. The van der Waals surface area contributed by atoms with E-state index in [1.54, 1.807) is 28.8 Å². The summed E-state index contributed by atoms with van der Waals surface area (Å²) < 4.78 is 5.38. The molecule has 0 saturated carbocycles. The summed E-state index contributed by atoms with van der Waals surface area (Å²) in [4.78, 5) is 45.2. The lowest BCUT2D eigenvalue weighted by Gasteiger charge is -2.29. The van der Waals surface area contributed by atoms with Crippen molar-refractivity contribution in [3.63, 3.8) is 0 Å². The number of rotatable bonds is 3. The molecule has 26 heavy (non-hydrogen) atoms. The lowest BCUT2D eigenvalue weighted by atomic mass is 10.1. The summed E-state index contributed by atoms with van der Waals surface area (Å²) in [5.74, 6) is 0.365. The fraction of sp³-hybridized carbons (Fsp3) is 0.444. The van der Waals surface area contributed by atoms with Gasteiger partial charge >= 0.3 is 5.97 Å². The molecule has 136 valence electrons. The lowest BCUT2D eigenvalue weighted by molar-refractivity contribution is -0.154. The van der Waals surface area contributed by atoms with Gasteiger partial charge in [0.2, 0.25) is 5.91 Å². The van der Waals surface area contributed by atoms with Crippen molar-refractivity contribution in [1.29, 1.82) is 0 Å². The van der Waals surface area contributed by atoms with Crippen molar-refractivity contribution in [1.82, 2.24) is 14.9 Å². The fourth-order valence-electron chi connectivity index (χ4n) is 3.65. The number of para-hydroxylation sites is 1.